The maximum Gasteiger partial charge on any atom is 0.116 e. The fourth-order valence-corrected chi connectivity index (χ4v) is 5.91. The van der Waals surface area contributed by atoms with E-state index in [0.717, 1.165) is 11.2 Å². The van der Waals surface area contributed by atoms with Crippen LogP contribution in [0, 0.1) is 0 Å². The molecule has 1 aliphatic carbocycles. The lowest BCUT2D eigenvalue weighted by Gasteiger charge is -2.24. The number of fused-ring (bicyclic) bond motifs is 2. The smallest absolute Gasteiger partial charge is 0.116 e. The van der Waals surface area contributed by atoms with Gasteiger partial charge in [0.15, 0.2) is 0 Å². The summed E-state index contributed by atoms with van der Waals surface area (Å²) in [5.74, 6) is 1.15. The summed E-state index contributed by atoms with van der Waals surface area (Å²) < 4.78 is 1.22. The van der Waals surface area contributed by atoms with Gasteiger partial charge in [-0.15, -0.1) is 11.3 Å². The third kappa shape index (κ3) is 3.02. The molecule has 2 aromatic heterocycles. The molecule has 0 amide bonds. The van der Waals surface area contributed by atoms with Gasteiger partial charge in [0, 0.05) is 5.56 Å². The Balaban J connectivity index is 1.72. The number of hydrogen-bond acceptors (Lipinski definition) is 3. The SMILES string of the molecule is CC(C)c1csc2c(-c3cc(C4CCCCC4)c4ccccc4c3)ncnc12. The lowest BCUT2D eigenvalue weighted by atomic mass is 9.81. The molecular weight excluding hydrogens is 360 g/mol. The molecule has 1 aliphatic rings. The van der Waals surface area contributed by atoms with Crippen molar-refractivity contribution in [3.05, 3.63) is 59.2 Å². The Bertz CT molecular complexity index is 1140. The number of thiophene rings is 1. The molecule has 0 saturated heterocycles. The predicted molar refractivity (Wildman–Crippen MR) is 120 cm³/mol. The summed E-state index contributed by atoms with van der Waals surface area (Å²) in [4.78, 5) is 9.36. The summed E-state index contributed by atoms with van der Waals surface area (Å²) in [6, 6.07) is 13.6. The van der Waals surface area contributed by atoms with Gasteiger partial charge >= 0.3 is 0 Å². The van der Waals surface area contributed by atoms with E-state index in [1.807, 2.05) is 0 Å². The molecule has 3 heteroatoms. The first-order valence-electron chi connectivity index (χ1n) is 10.5. The van der Waals surface area contributed by atoms with E-state index in [2.05, 4.69) is 60.6 Å². The van der Waals surface area contributed by atoms with Gasteiger partial charge < -0.3 is 0 Å². The number of rotatable bonds is 3. The van der Waals surface area contributed by atoms with Crippen molar-refractivity contribution in [2.24, 2.45) is 0 Å². The van der Waals surface area contributed by atoms with Crippen molar-refractivity contribution in [1.82, 2.24) is 9.97 Å². The zero-order valence-electron chi connectivity index (χ0n) is 16.6. The highest BCUT2D eigenvalue weighted by atomic mass is 32.1. The Hall–Kier alpha value is -2.26. The predicted octanol–water partition coefficient (Wildman–Crippen LogP) is 7.68. The van der Waals surface area contributed by atoms with Crippen LogP contribution >= 0.6 is 11.3 Å². The molecule has 0 aliphatic heterocycles. The van der Waals surface area contributed by atoms with Crippen LogP contribution < -0.4 is 0 Å². The molecule has 5 rings (SSSR count). The van der Waals surface area contributed by atoms with Crippen molar-refractivity contribution in [2.45, 2.75) is 57.8 Å². The number of aromatic nitrogens is 2. The van der Waals surface area contributed by atoms with Crippen LogP contribution in [-0.2, 0) is 0 Å². The molecule has 0 N–H and O–H groups in total. The highest BCUT2D eigenvalue weighted by Gasteiger charge is 2.20. The molecule has 2 nitrogen and oxygen atoms in total. The summed E-state index contributed by atoms with van der Waals surface area (Å²) in [5, 5.41) is 5.00. The minimum absolute atomic E-state index is 0.478. The third-order valence-corrected chi connectivity index (χ3v) is 7.21. The third-order valence-electron chi connectivity index (χ3n) is 6.22. The topological polar surface area (TPSA) is 25.8 Å². The van der Waals surface area contributed by atoms with E-state index in [9.17, 15) is 0 Å². The van der Waals surface area contributed by atoms with Crippen LogP contribution in [-0.4, -0.2) is 9.97 Å². The molecule has 0 spiro atoms. The highest BCUT2D eigenvalue weighted by molar-refractivity contribution is 7.17. The van der Waals surface area contributed by atoms with Gasteiger partial charge in [0.2, 0.25) is 0 Å². The quantitative estimate of drug-likeness (QED) is 0.361. The first-order valence-corrected chi connectivity index (χ1v) is 11.4. The van der Waals surface area contributed by atoms with Gasteiger partial charge in [0.25, 0.3) is 0 Å². The molecule has 142 valence electrons. The Morgan fingerprint density at radius 1 is 1.00 bits per heavy atom. The zero-order chi connectivity index (χ0) is 19.1. The van der Waals surface area contributed by atoms with Crippen LogP contribution in [0.2, 0.25) is 0 Å². The van der Waals surface area contributed by atoms with Gasteiger partial charge in [-0.2, -0.15) is 0 Å². The van der Waals surface area contributed by atoms with E-state index in [-0.39, 0.29) is 0 Å². The first-order chi connectivity index (χ1) is 13.7. The van der Waals surface area contributed by atoms with Gasteiger partial charge in [0.05, 0.1) is 15.9 Å². The molecule has 2 heterocycles. The summed E-state index contributed by atoms with van der Waals surface area (Å²) in [6.07, 6.45) is 8.44. The van der Waals surface area contributed by atoms with E-state index in [1.54, 1.807) is 17.7 Å². The minimum atomic E-state index is 0.478. The number of benzene rings is 2. The van der Waals surface area contributed by atoms with Gasteiger partial charge in [-0.1, -0.05) is 57.4 Å². The normalized spacial score (nSPS) is 15.7. The van der Waals surface area contributed by atoms with E-state index < -0.39 is 0 Å². The largest absolute Gasteiger partial charge is 0.235 e. The van der Waals surface area contributed by atoms with Crippen LogP contribution in [0.3, 0.4) is 0 Å². The van der Waals surface area contributed by atoms with Crippen LogP contribution in [0.5, 0.6) is 0 Å². The molecule has 0 radical (unpaired) electrons. The van der Waals surface area contributed by atoms with Crippen molar-refractivity contribution >= 4 is 32.3 Å². The van der Waals surface area contributed by atoms with Crippen LogP contribution in [0.1, 0.15) is 68.9 Å². The fourth-order valence-electron chi connectivity index (χ4n) is 4.71. The minimum Gasteiger partial charge on any atom is -0.235 e. The Kier molecular flexibility index (Phi) is 4.64. The number of nitrogens with zero attached hydrogens (tertiary/aromatic N) is 2. The Morgan fingerprint density at radius 3 is 2.64 bits per heavy atom. The van der Waals surface area contributed by atoms with Crippen molar-refractivity contribution < 1.29 is 0 Å². The van der Waals surface area contributed by atoms with Crippen molar-refractivity contribution in [3.8, 4) is 11.3 Å². The van der Waals surface area contributed by atoms with E-state index in [4.69, 9.17) is 4.98 Å². The number of hydrogen-bond donors (Lipinski definition) is 0. The van der Waals surface area contributed by atoms with E-state index in [0.29, 0.717) is 11.8 Å². The molecule has 1 fully saturated rings. The first kappa shape index (κ1) is 17.8. The van der Waals surface area contributed by atoms with Crippen LogP contribution in [0.25, 0.3) is 32.2 Å². The maximum absolute atomic E-state index is 4.74. The molecule has 0 atom stereocenters. The standard InChI is InChI=1S/C25H26N2S/c1-16(2)22-14-28-25-23(26-15-27-24(22)25)19-12-18-10-6-7-11-20(18)21(13-19)17-8-4-3-5-9-17/h6-7,10-17H,3-5,8-9H2,1-2H3. The van der Waals surface area contributed by atoms with Crippen molar-refractivity contribution in [2.75, 3.05) is 0 Å². The maximum atomic E-state index is 4.74. The monoisotopic (exact) mass is 386 g/mol. The Morgan fingerprint density at radius 2 is 1.82 bits per heavy atom. The van der Waals surface area contributed by atoms with Crippen molar-refractivity contribution in [1.29, 1.82) is 0 Å². The van der Waals surface area contributed by atoms with Gasteiger partial charge in [0.1, 0.15) is 6.33 Å². The second-order valence-corrected chi connectivity index (χ2v) is 9.25. The molecule has 1 saturated carbocycles. The average molecular weight is 387 g/mol. The highest BCUT2D eigenvalue weighted by Crippen LogP contribution is 2.41. The molecular formula is C25H26N2S. The lowest BCUT2D eigenvalue weighted by molar-refractivity contribution is 0.445. The lowest BCUT2D eigenvalue weighted by Crippen LogP contribution is -2.05. The second-order valence-electron chi connectivity index (χ2n) is 8.37. The fraction of sp³-hybridized carbons (Fsp3) is 0.360. The second kappa shape index (κ2) is 7.29. The molecule has 4 aromatic rings. The van der Waals surface area contributed by atoms with Gasteiger partial charge in [-0.05, 0) is 64.1 Å². The van der Waals surface area contributed by atoms with Crippen LogP contribution in [0.4, 0.5) is 0 Å². The summed E-state index contributed by atoms with van der Waals surface area (Å²) in [7, 11) is 0. The summed E-state index contributed by atoms with van der Waals surface area (Å²) in [6.45, 7) is 4.47. The van der Waals surface area contributed by atoms with E-state index in [1.165, 1.54) is 64.3 Å². The van der Waals surface area contributed by atoms with Gasteiger partial charge in [-0.3, -0.25) is 0 Å². The van der Waals surface area contributed by atoms with E-state index >= 15 is 0 Å². The molecule has 28 heavy (non-hydrogen) atoms. The van der Waals surface area contributed by atoms with Gasteiger partial charge in [-0.25, -0.2) is 9.97 Å². The Labute approximate surface area is 170 Å². The average Bonchev–Trinajstić information content (AvgIpc) is 3.18. The molecule has 0 unspecified atom stereocenters. The molecule has 0 bridgehead atoms. The van der Waals surface area contributed by atoms with Crippen molar-refractivity contribution in [3.63, 3.8) is 0 Å². The summed E-state index contributed by atoms with van der Waals surface area (Å²) in [5.41, 5.74) is 6.29. The van der Waals surface area contributed by atoms with Crippen LogP contribution in [0.15, 0.2) is 48.1 Å². The summed E-state index contributed by atoms with van der Waals surface area (Å²) >= 11 is 1.79. The zero-order valence-corrected chi connectivity index (χ0v) is 17.4. The molecule has 2 aromatic carbocycles.